The second-order valence-corrected chi connectivity index (χ2v) is 7.25. The molecular formula is C20H29FN2O2. The lowest BCUT2D eigenvalue weighted by Gasteiger charge is -2.35. The van der Waals surface area contributed by atoms with Crippen LogP contribution in [-0.2, 0) is 4.79 Å². The predicted octanol–water partition coefficient (Wildman–Crippen LogP) is 3.46. The van der Waals surface area contributed by atoms with Crippen molar-refractivity contribution in [3.63, 3.8) is 0 Å². The fraction of sp³-hybridized carbons (Fsp3) is 0.650. The maximum absolute atomic E-state index is 13.1. The standard InChI is InChI=1S/C20H29FN2O2/c1-22-12-4-2-3-9-19-18(22)11-13-23(19)20(24)10-6-14-25-17-8-5-7-16(21)15-17/h5,7-8,15,18-19H,2-4,6,9-14H2,1H3/t18-,19+/m0/s1. The Kier molecular flexibility index (Phi) is 6.29. The molecule has 2 saturated heterocycles. The highest BCUT2D eigenvalue weighted by molar-refractivity contribution is 5.77. The van der Waals surface area contributed by atoms with Crippen molar-refractivity contribution in [2.75, 3.05) is 26.7 Å². The Hall–Kier alpha value is -1.62. The van der Waals surface area contributed by atoms with Crippen LogP contribution in [0.15, 0.2) is 24.3 Å². The summed E-state index contributed by atoms with van der Waals surface area (Å²) < 4.78 is 18.7. The zero-order valence-corrected chi connectivity index (χ0v) is 15.1. The van der Waals surface area contributed by atoms with Gasteiger partial charge in [0.05, 0.1) is 6.61 Å². The molecule has 0 spiro atoms. The van der Waals surface area contributed by atoms with Gasteiger partial charge in [-0.15, -0.1) is 0 Å². The lowest BCUT2D eigenvalue weighted by molar-refractivity contribution is -0.132. The van der Waals surface area contributed by atoms with Crippen molar-refractivity contribution in [1.82, 2.24) is 9.80 Å². The van der Waals surface area contributed by atoms with Crippen LogP contribution in [0.4, 0.5) is 4.39 Å². The minimum Gasteiger partial charge on any atom is -0.493 e. The molecule has 0 unspecified atom stereocenters. The van der Waals surface area contributed by atoms with E-state index in [2.05, 4.69) is 16.8 Å². The van der Waals surface area contributed by atoms with Crippen LogP contribution in [0.2, 0.25) is 0 Å². The molecule has 4 nitrogen and oxygen atoms in total. The summed E-state index contributed by atoms with van der Waals surface area (Å²) in [5.41, 5.74) is 0. The van der Waals surface area contributed by atoms with Crippen molar-refractivity contribution >= 4 is 5.91 Å². The Morgan fingerprint density at radius 1 is 1.20 bits per heavy atom. The topological polar surface area (TPSA) is 32.8 Å². The van der Waals surface area contributed by atoms with E-state index in [-0.39, 0.29) is 11.7 Å². The number of amides is 1. The number of rotatable bonds is 5. The van der Waals surface area contributed by atoms with Crippen LogP contribution in [0.1, 0.15) is 44.9 Å². The minimum absolute atomic E-state index is 0.240. The van der Waals surface area contributed by atoms with Gasteiger partial charge in [-0.3, -0.25) is 4.79 Å². The molecule has 2 aliphatic rings. The molecule has 1 aromatic rings. The zero-order valence-electron chi connectivity index (χ0n) is 15.1. The van der Waals surface area contributed by atoms with E-state index in [0.29, 0.717) is 37.3 Å². The normalized spacial score (nSPS) is 24.5. The van der Waals surface area contributed by atoms with Crippen molar-refractivity contribution in [3.05, 3.63) is 30.1 Å². The minimum atomic E-state index is -0.301. The second-order valence-electron chi connectivity index (χ2n) is 7.25. The van der Waals surface area contributed by atoms with Gasteiger partial charge in [-0.05, 0) is 51.4 Å². The third-order valence-electron chi connectivity index (χ3n) is 5.51. The van der Waals surface area contributed by atoms with Gasteiger partial charge < -0.3 is 14.5 Å². The molecule has 2 aliphatic heterocycles. The lowest BCUT2D eigenvalue weighted by Crippen LogP contribution is -2.46. The van der Waals surface area contributed by atoms with E-state index in [1.165, 1.54) is 31.4 Å². The average molecular weight is 348 g/mol. The molecule has 2 fully saturated rings. The highest BCUT2D eigenvalue weighted by atomic mass is 19.1. The maximum Gasteiger partial charge on any atom is 0.223 e. The van der Waals surface area contributed by atoms with Crippen LogP contribution in [0.5, 0.6) is 5.75 Å². The molecule has 2 atom stereocenters. The number of fused-ring (bicyclic) bond motifs is 1. The first-order valence-electron chi connectivity index (χ1n) is 9.53. The number of hydrogen-bond donors (Lipinski definition) is 0. The summed E-state index contributed by atoms with van der Waals surface area (Å²) >= 11 is 0. The number of benzene rings is 1. The van der Waals surface area contributed by atoms with Gasteiger partial charge in [-0.1, -0.05) is 18.9 Å². The first-order valence-corrected chi connectivity index (χ1v) is 9.53. The monoisotopic (exact) mass is 348 g/mol. The van der Waals surface area contributed by atoms with E-state index in [9.17, 15) is 9.18 Å². The van der Waals surface area contributed by atoms with Gasteiger partial charge in [-0.25, -0.2) is 4.39 Å². The highest BCUT2D eigenvalue weighted by Crippen LogP contribution is 2.29. The number of carbonyl (C=O) groups excluding carboxylic acids is 1. The van der Waals surface area contributed by atoms with Gasteiger partial charge in [0.15, 0.2) is 0 Å². The largest absolute Gasteiger partial charge is 0.493 e. The number of ether oxygens (including phenoxy) is 1. The van der Waals surface area contributed by atoms with Gasteiger partial charge in [-0.2, -0.15) is 0 Å². The first-order chi connectivity index (χ1) is 12.1. The van der Waals surface area contributed by atoms with E-state index >= 15 is 0 Å². The van der Waals surface area contributed by atoms with E-state index in [1.807, 2.05) is 0 Å². The molecule has 0 bridgehead atoms. The van der Waals surface area contributed by atoms with Gasteiger partial charge >= 0.3 is 0 Å². The van der Waals surface area contributed by atoms with Crippen LogP contribution >= 0.6 is 0 Å². The summed E-state index contributed by atoms with van der Waals surface area (Å²) in [5, 5.41) is 0. The summed E-state index contributed by atoms with van der Waals surface area (Å²) in [6.07, 6.45) is 7.14. The van der Waals surface area contributed by atoms with Crippen molar-refractivity contribution in [2.45, 2.75) is 57.0 Å². The Morgan fingerprint density at radius 3 is 2.92 bits per heavy atom. The molecule has 0 saturated carbocycles. The van der Waals surface area contributed by atoms with Crippen molar-refractivity contribution in [1.29, 1.82) is 0 Å². The number of halogens is 1. The van der Waals surface area contributed by atoms with Crippen molar-refractivity contribution in [3.8, 4) is 5.75 Å². The van der Waals surface area contributed by atoms with Crippen molar-refractivity contribution in [2.24, 2.45) is 0 Å². The summed E-state index contributed by atoms with van der Waals surface area (Å²) in [7, 11) is 2.20. The molecule has 0 N–H and O–H groups in total. The summed E-state index contributed by atoms with van der Waals surface area (Å²) in [4.78, 5) is 17.2. The molecule has 5 heteroatoms. The SMILES string of the molecule is CN1CCCCC[C@@H]2[C@@H]1CCN2C(=O)CCCOc1cccc(F)c1. The van der Waals surface area contributed by atoms with Gasteiger partial charge in [0.2, 0.25) is 5.91 Å². The molecule has 1 aromatic carbocycles. The van der Waals surface area contributed by atoms with Gasteiger partial charge in [0.25, 0.3) is 0 Å². The van der Waals surface area contributed by atoms with Crippen LogP contribution in [0, 0.1) is 5.82 Å². The average Bonchev–Trinajstić information content (AvgIpc) is 3.00. The van der Waals surface area contributed by atoms with Crippen molar-refractivity contribution < 1.29 is 13.9 Å². The first kappa shape index (κ1) is 18.2. The number of likely N-dealkylation sites (N-methyl/N-ethyl adjacent to an activating group) is 1. The quantitative estimate of drug-likeness (QED) is 0.764. The summed E-state index contributed by atoms with van der Waals surface area (Å²) in [5.74, 6) is 0.463. The number of likely N-dealkylation sites (tertiary alicyclic amines) is 2. The molecule has 0 aliphatic carbocycles. The second kappa shape index (κ2) is 8.65. The zero-order chi connectivity index (χ0) is 17.6. The number of carbonyl (C=O) groups is 1. The van der Waals surface area contributed by atoms with Crippen LogP contribution in [0.3, 0.4) is 0 Å². The summed E-state index contributed by atoms with van der Waals surface area (Å²) in [6, 6.07) is 7.03. The Morgan fingerprint density at radius 2 is 2.08 bits per heavy atom. The van der Waals surface area contributed by atoms with Crippen LogP contribution in [0.25, 0.3) is 0 Å². The Labute approximate surface area is 149 Å². The van der Waals surface area contributed by atoms with Crippen LogP contribution < -0.4 is 4.74 Å². The molecule has 25 heavy (non-hydrogen) atoms. The molecular weight excluding hydrogens is 319 g/mol. The number of hydrogen-bond acceptors (Lipinski definition) is 3. The highest BCUT2D eigenvalue weighted by Gasteiger charge is 2.38. The van der Waals surface area contributed by atoms with Crippen LogP contribution in [-0.4, -0.2) is 54.5 Å². The fourth-order valence-electron chi connectivity index (χ4n) is 4.18. The van der Waals surface area contributed by atoms with E-state index in [4.69, 9.17) is 4.74 Å². The Bertz CT molecular complexity index is 581. The fourth-order valence-corrected chi connectivity index (χ4v) is 4.18. The molecule has 2 heterocycles. The molecule has 3 rings (SSSR count). The Balaban J connectivity index is 1.46. The maximum atomic E-state index is 13.1. The van der Waals surface area contributed by atoms with E-state index < -0.39 is 0 Å². The van der Waals surface area contributed by atoms with E-state index in [1.54, 1.807) is 12.1 Å². The molecule has 0 aromatic heterocycles. The molecule has 0 radical (unpaired) electrons. The summed E-state index contributed by atoms with van der Waals surface area (Å²) in [6.45, 7) is 2.46. The van der Waals surface area contributed by atoms with Gasteiger partial charge in [0.1, 0.15) is 11.6 Å². The lowest BCUT2D eigenvalue weighted by atomic mass is 9.97. The number of nitrogens with zero attached hydrogens (tertiary/aromatic N) is 2. The van der Waals surface area contributed by atoms with E-state index in [0.717, 1.165) is 25.9 Å². The predicted molar refractivity (Wildman–Crippen MR) is 96.1 cm³/mol. The third-order valence-corrected chi connectivity index (χ3v) is 5.51. The third kappa shape index (κ3) is 4.72. The smallest absolute Gasteiger partial charge is 0.223 e. The molecule has 138 valence electrons. The molecule has 1 amide bonds. The van der Waals surface area contributed by atoms with Gasteiger partial charge in [0, 0.05) is 31.1 Å².